The first-order valence-electron chi connectivity index (χ1n) is 5.13. The van der Waals surface area contributed by atoms with E-state index in [2.05, 4.69) is 0 Å². The fourth-order valence-corrected chi connectivity index (χ4v) is 4.38. The van der Waals surface area contributed by atoms with E-state index >= 15 is 0 Å². The SMILES string of the molecule is CC(S(C)(=O)=O)S(=O)(=O)CC(=O)c1ccccc1. The molecule has 7 heteroatoms. The van der Waals surface area contributed by atoms with Gasteiger partial charge < -0.3 is 0 Å². The van der Waals surface area contributed by atoms with Crippen LogP contribution in [0.2, 0.25) is 0 Å². The molecule has 0 bridgehead atoms. The number of ketones is 1. The van der Waals surface area contributed by atoms with Crippen LogP contribution in [0.25, 0.3) is 0 Å². The summed E-state index contributed by atoms with van der Waals surface area (Å²) in [6, 6.07) is 7.90. The highest BCUT2D eigenvalue weighted by Crippen LogP contribution is 2.11. The van der Waals surface area contributed by atoms with Gasteiger partial charge in [0.15, 0.2) is 30.0 Å². The lowest BCUT2D eigenvalue weighted by Crippen LogP contribution is -2.31. The minimum atomic E-state index is -4.00. The van der Waals surface area contributed by atoms with Gasteiger partial charge in [-0.1, -0.05) is 30.3 Å². The van der Waals surface area contributed by atoms with Crippen molar-refractivity contribution >= 4 is 25.5 Å². The normalized spacial score (nSPS) is 14.1. The summed E-state index contributed by atoms with van der Waals surface area (Å²) in [7, 11) is -7.73. The Morgan fingerprint density at radius 2 is 1.61 bits per heavy atom. The van der Waals surface area contributed by atoms with Crippen LogP contribution >= 0.6 is 0 Å². The van der Waals surface area contributed by atoms with E-state index in [9.17, 15) is 21.6 Å². The van der Waals surface area contributed by atoms with Gasteiger partial charge in [0, 0.05) is 11.8 Å². The Labute approximate surface area is 107 Å². The van der Waals surface area contributed by atoms with Crippen molar-refractivity contribution < 1.29 is 21.6 Å². The molecule has 100 valence electrons. The van der Waals surface area contributed by atoms with Crippen LogP contribution in [-0.4, -0.2) is 39.2 Å². The van der Waals surface area contributed by atoms with Gasteiger partial charge in [0.2, 0.25) is 0 Å². The predicted molar refractivity (Wildman–Crippen MR) is 68.9 cm³/mol. The second-order valence-corrected chi connectivity index (χ2v) is 8.98. The maximum Gasteiger partial charge on any atom is 0.177 e. The van der Waals surface area contributed by atoms with Crippen molar-refractivity contribution in [2.24, 2.45) is 0 Å². The predicted octanol–water partition coefficient (Wildman–Crippen LogP) is 0.675. The van der Waals surface area contributed by atoms with Gasteiger partial charge in [0.1, 0.15) is 5.75 Å². The average Bonchev–Trinajstić information content (AvgIpc) is 2.27. The summed E-state index contributed by atoms with van der Waals surface area (Å²) in [6.45, 7) is 1.07. The molecule has 0 aromatic heterocycles. The molecule has 1 rings (SSSR count). The standard InChI is InChI=1S/C11H14O5S2/c1-9(17(2,13)14)18(15,16)8-11(12)10-6-4-3-5-7-10/h3-7,9H,8H2,1-2H3. The molecule has 0 saturated heterocycles. The summed E-state index contributed by atoms with van der Waals surface area (Å²) in [5, 5.41) is 0. The zero-order valence-corrected chi connectivity index (χ0v) is 11.7. The van der Waals surface area contributed by atoms with Crippen LogP contribution < -0.4 is 0 Å². The Morgan fingerprint density at radius 1 is 1.11 bits per heavy atom. The molecule has 0 N–H and O–H groups in total. The van der Waals surface area contributed by atoms with Crippen molar-refractivity contribution in [2.45, 2.75) is 11.5 Å². The third kappa shape index (κ3) is 3.64. The van der Waals surface area contributed by atoms with E-state index in [4.69, 9.17) is 0 Å². The van der Waals surface area contributed by atoms with E-state index < -0.39 is 35.8 Å². The van der Waals surface area contributed by atoms with Crippen molar-refractivity contribution in [3.63, 3.8) is 0 Å². The Morgan fingerprint density at radius 3 is 2.06 bits per heavy atom. The van der Waals surface area contributed by atoms with Gasteiger partial charge in [0.25, 0.3) is 0 Å². The Kier molecular flexibility index (Phi) is 4.28. The highest BCUT2D eigenvalue weighted by molar-refractivity contribution is 8.09. The molecule has 0 aliphatic rings. The number of hydrogen-bond donors (Lipinski definition) is 0. The van der Waals surface area contributed by atoms with E-state index in [0.717, 1.165) is 13.2 Å². The zero-order valence-electron chi connectivity index (χ0n) is 10.0. The zero-order chi connectivity index (χ0) is 14.0. The topological polar surface area (TPSA) is 85.3 Å². The smallest absolute Gasteiger partial charge is 0.177 e. The Balaban J connectivity index is 2.96. The minimum Gasteiger partial charge on any atom is -0.293 e. The van der Waals surface area contributed by atoms with Crippen molar-refractivity contribution in [1.82, 2.24) is 0 Å². The monoisotopic (exact) mass is 290 g/mol. The molecule has 0 heterocycles. The summed E-state index contributed by atoms with van der Waals surface area (Å²) in [5.74, 6) is -1.41. The van der Waals surface area contributed by atoms with Gasteiger partial charge in [0.05, 0.1) is 0 Å². The molecule has 0 aliphatic heterocycles. The van der Waals surface area contributed by atoms with Gasteiger partial charge in [-0.05, 0) is 6.92 Å². The molecule has 1 atom stereocenters. The quantitative estimate of drug-likeness (QED) is 0.744. The van der Waals surface area contributed by atoms with Crippen LogP contribution in [0.1, 0.15) is 17.3 Å². The molecule has 5 nitrogen and oxygen atoms in total. The highest BCUT2D eigenvalue weighted by Gasteiger charge is 2.32. The van der Waals surface area contributed by atoms with Crippen molar-refractivity contribution in [3.05, 3.63) is 35.9 Å². The second-order valence-electron chi connectivity index (χ2n) is 3.99. The molecular formula is C11H14O5S2. The summed E-state index contributed by atoms with van der Waals surface area (Å²) >= 11 is 0. The molecule has 1 aromatic rings. The van der Waals surface area contributed by atoms with E-state index in [-0.39, 0.29) is 5.56 Å². The maximum atomic E-state index is 11.8. The molecule has 1 unspecified atom stereocenters. The largest absolute Gasteiger partial charge is 0.293 e. The van der Waals surface area contributed by atoms with Crippen molar-refractivity contribution in [2.75, 3.05) is 12.0 Å². The third-order valence-corrected chi connectivity index (χ3v) is 7.35. The maximum absolute atomic E-state index is 11.8. The first kappa shape index (κ1) is 14.8. The summed E-state index contributed by atoms with van der Waals surface area (Å²) < 4.78 is 44.4. The van der Waals surface area contributed by atoms with E-state index in [0.29, 0.717) is 0 Å². The van der Waals surface area contributed by atoms with Gasteiger partial charge in [-0.25, -0.2) is 16.8 Å². The fraction of sp³-hybridized carbons (Fsp3) is 0.364. The lowest BCUT2D eigenvalue weighted by Gasteiger charge is -2.10. The van der Waals surface area contributed by atoms with Crippen LogP contribution in [0.15, 0.2) is 30.3 Å². The number of rotatable bonds is 5. The molecular weight excluding hydrogens is 276 g/mol. The lowest BCUT2D eigenvalue weighted by molar-refractivity contribution is 0.102. The Bertz CT molecular complexity index is 629. The molecule has 0 saturated carbocycles. The van der Waals surface area contributed by atoms with Crippen molar-refractivity contribution in [3.8, 4) is 0 Å². The number of sulfone groups is 2. The van der Waals surface area contributed by atoms with Gasteiger partial charge in [-0.2, -0.15) is 0 Å². The molecule has 0 radical (unpaired) electrons. The number of hydrogen-bond acceptors (Lipinski definition) is 5. The van der Waals surface area contributed by atoms with E-state index in [1.165, 1.54) is 12.1 Å². The summed E-state index contributed by atoms with van der Waals surface area (Å²) in [6.07, 6.45) is 0.836. The summed E-state index contributed by atoms with van der Waals surface area (Å²) in [5.41, 5.74) is 0.252. The fourth-order valence-electron chi connectivity index (χ4n) is 1.27. The number of Topliss-reactive ketones (excluding diaryl/α,β-unsaturated/α-hetero) is 1. The molecule has 0 fully saturated rings. The second kappa shape index (κ2) is 5.19. The first-order valence-corrected chi connectivity index (χ1v) is 8.80. The number of carbonyl (C=O) groups excluding carboxylic acids is 1. The Hall–Kier alpha value is -1.21. The van der Waals surface area contributed by atoms with E-state index in [1.54, 1.807) is 18.2 Å². The van der Waals surface area contributed by atoms with Crippen LogP contribution in [0.4, 0.5) is 0 Å². The molecule has 0 amide bonds. The van der Waals surface area contributed by atoms with Crippen LogP contribution in [-0.2, 0) is 19.7 Å². The molecule has 1 aromatic carbocycles. The average molecular weight is 290 g/mol. The third-order valence-electron chi connectivity index (χ3n) is 2.54. The van der Waals surface area contributed by atoms with Crippen LogP contribution in [0, 0.1) is 0 Å². The lowest BCUT2D eigenvalue weighted by atomic mass is 10.2. The van der Waals surface area contributed by atoms with E-state index in [1.807, 2.05) is 0 Å². The van der Waals surface area contributed by atoms with Gasteiger partial charge in [-0.3, -0.25) is 4.79 Å². The van der Waals surface area contributed by atoms with Crippen molar-refractivity contribution in [1.29, 1.82) is 0 Å². The van der Waals surface area contributed by atoms with Crippen LogP contribution in [0.5, 0.6) is 0 Å². The molecule has 0 aliphatic carbocycles. The highest BCUT2D eigenvalue weighted by atomic mass is 32.3. The van der Waals surface area contributed by atoms with Gasteiger partial charge >= 0.3 is 0 Å². The summed E-state index contributed by atoms with van der Waals surface area (Å²) in [4.78, 5) is 11.7. The minimum absolute atomic E-state index is 0.252. The number of benzene rings is 1. The van der Waals surface area contributed by atoms with Crippen LogP contribution in [0.3, 0.4) is 0 Å². The molecule has 0 spiro atoms. The number of carbonyl (C=O) groups is 1. The van der Waals surface area contributed by atoms with Gasteiger partial charge in [-0.15, -0.1) is 0 Å². The molecule has 18 heavy (non-hydrogen) atoms. The first-order chi connectivity index (χ1) is 8.14.